The number of nitriles is 1. The Labute approximate surface area is 110 Å². The second-order valence-corrected chi connectivity index (χ2v) is 4.45. The zero-order chi connectivity index (χ0) is 12.8. The minimum Gasteiger partial charge on any atom is -0.466 e. The molecule has 0 aliphatic rings. The second kappa shape index (κ2) is 6.41. The van der Waals surface area contributed by atoms with Crippen LogP contribution < -0.4 is 0 Å². The quantitative estimate of drug-likeness (QED) is 0.803. The van der Waals surface area contributed by atoms with Crippen molar-refractivity contribution in [3.8, 4) is 6.07 Å². The largest absolute Gasteiger partial charge is 0.466 e. The maximum atomic E-state index is 11.5. The zero-order valence-corrected chi connectivity index (χ0v) is 11.5. The summed E-state index contributed by atoms with van der Waals surface area (Å²) in [7, 11) is 0. The summed E-state index contributed by atoms with van der Waals surface area (Å²) in [6.07, 6.45) is 0.941. The maximum Gasteiger partial charge on any atom is 0.310 e. The van der Waals surface area contributed by atoms with Gasteiger partial charge >= 0.3 is 5.97 Å². The number of carbonyl (C=O) groups excluding carboxylic acids is 1. The van der Waals surface area contributed by atoms with Crippen molar-refractivity contribution < 1.29 is 9.53 Å². The number of rotatable bonds is 4. The molecule has 0 amide bonds. The van der Waals surface area contributed by atoms with Gasteiger partial charge in [0.1, 0.15) is 0 Å². The minimum absolute atomic E-state index is 0.213. The Morgan fingerprint density at radius 3 is 2.71 bits per heavy atom. The van der Waals surface area contributed by atoms with Gasteiger partial charge in [0.25, 0.3) is 0 Å². The average Bonchev–Trinajstić information content (AvgIpc) is 2.28. The number of hydrogen-bond acceptors (Lipinski definition) is 3. The van der Waals surface area contributed by atoms with E-state index in [1.54, 1.807) is 13.0 Å². The van der Waals surface area contributed by atoms with Gasteiger partial charge in [0, 0.05) is 4.47 Å². The maximum absolute atomic E-state index is 11.5. The average molecular weight is 296 g/mol. The zero-order valence-electron chi connectivity index (χ0n) is 9.92. The van der Waals surface area contributed by atoms with Crippen LogP contribution in [0, 0.1) is 11.3 Å². The number of nitrogens with zero attached hydrogens (tertiary/aromatic N) is 1. The Bertz CT molecular complexity index is 463. The van der Waals surface area contributed by atoms with Crippen molar-refractivity contribution in [2.45, 2.75) is 26.7 Å². The summed E-state index contributed by atoms with van der Waals surface area (Å²) < 4.78 is 5.73. The fraction of sp³-hybridized carbons (Fsp3) is 0.385. The molecular formula is C13H14BrNO2. The van der Waals surface area contributed by atoms with E-state index < -0.39 is 0 Å². The molecule has 0 fully saturated rings. The summed E-state index contributed by atoms with van der Waals surface area (Å²) in [4.78, 5) is 11.5. The van der Waals surface area contributed by atoms with Crippen LogP contribution in [0.1, 0.15) is 30.5 Å². The van der Waals surface area contributed by atoms with Crippen molar-refractivity contribution in [1.29, 1.82) is 5.26 Å². The monoisotopic (exact) mass is 295 g/mol. The van der Waals surface area contributed by atoms with E-state index in [4.69, 9.17) is 10.00 Å². The smallest absolute Gasteiger partial charge is 0.310 e. The van der Waals surface area contributed by atoms with Crippen molar-refractivity contribution in [3.05, 3.63) is 33.3 Å². The summed E-state index contributed by atoms with van der Waals surface area (Å²) in [5, 5.41) is 9.05. The van der Waals surface area contributed by atoms with Crippen LogP contribution in [-0.4, -0.2) is 12.6 Å². The molecule has 0 heterocycles. The molecule has 4 heteroatoms. The highest BCUT2D eigenvalue weighted by atomic mass is 79.9. The molecule has 17 heavy (non-hydrogen) atoms. The van der Waals surface area contributed by atoms with E-state index in [0.717, 1.165) is 22.0 Å². The lowest BCUT2D eigenvalue weighted by molar-refractivity contribution is -0.142. The topological polar surface area (TPSA) is 50.1 Å². The second-order valence-electron chi connectivity index (χ2n) is 3.54. The standard InChI is InChI=1S/C13H14BrNO2/c1-3-12-9(7-13(16)17-4-2)5-11(14)6-10(12)8-15/h5-6H,3-4,7H2,1-2H3. The van der Waals surface area contributed by atoms with Crippen LogP contribution in [0.15, 0.2) is 16.6 Å². The number of carbonyl (C=O) groups is 1. The predicted octanol–water partition coefficient (Wildman–Crippen LogP) is 2.99. The van der Waals surface area contributed by atoms with Crippen LogP contribution in [-0.2, 0) is 22.4 Å². The molecule has 1 aromatic carbocycles. The van der Waals surface area contributed by atoms with Gasteiger partial charge in [-0.25, -0.2) is 0 Å². The fourth-order valence-electron chi connectivity index (χ4n) is 1.74. The number of esters is 1. The Morgan fingerprint density at radius 1 is 1.47 bits per heavy atom. The third-order valence-electron chi connectivity index (χ3n) is 2.42. The molecule has 1 aromatic rings. The molecule has 0 radical (unpaired) electrons. The summed E-state index contributed by atoms with van der Waals surface area (Å²) in [6.45, 7) is 4.12. The summed E-state index contributed by atoms with van der Waals surface area (Å²) in [5.74, 6) is -0.260. The first-order chi connectivity index (χ1) is 8.12. The molecule has 0 spiro atoms. The lowest BCUT2D eigenvalue weighted by atomic mass is 9.97. The van der Waals surface area contributed by atoms with E-state index in [0.29, 0.717) is 12.2 Å². The minimum atomic E-state index is -0.260. The molecule has 0 aliphatic heterocycles. The van der Waals surface area contributed by atoms with E-state index >= 15 is 0 Å². The predicted molar refractivity (Wildman–Crippen MR) is 68.6 cm³/mol. The van der Waals surface area contributed by atoms with Gasteiger partial charge in [-0.1, -0.05) is 22.9 Å². The highest BCUT2D eigenvalue weighted by Crippen LogP contribution is 2.22. The molecule has 1 rings (SSSR count). The van der Waals surface area contributed by atoms with Crippen LogP contribution in [0.2, 0.25) is 0 Å². The van der Waals surface area contributed by atoms with Crippen molar-refractivity contribution in [3.63, 3.8) is 0 Å². The van der Waals surface area contributed by atoms with Crippen LogP contribution in [0.4, 0.5) is 0 Å². The molecule has 0 saturated carbocycles. The third-order valence-corrected chi connectivity index (χ3v) is 2.88. The normalized spacial score (nSPS) is 9.76. The molecule has 0 bridgehead atoms. The van der Waals surface area contributed by atoms with E-state index in [9.17, 15) is 4.79 Å². The van der Waals surface area contributed by atoms with E-state index in [1.165, 1.54) is 0 Å². The van der Waals surface area contributed by atoms with Crippen molar-refractivity contribution in [1.82, 2.24) is 0 Å². The van der Waals surface area contributed by atoms with Crippen LogP contribution in [0.5, 0.6) is 0 Å². The molecule has 0 N–H and O–H groups in total. The first-order valence-corrected chi connectivity index (χ1v) is 6.28. The molecule has 3 nitrogen and oxygen atoms in total. The van der Waals surface area contributed by atoms with E-state index in [1.807, 2.05) is 13.0 Å². The first kappa shape index (κ1) is 13.7. The molecule has 0 unspecified atom stereocenters. The van der Waals surface area contributed by atoms with Crippen LogP contribution in [0.3, 0.4) is 0 Å². The van der Waals surface area contributed by atoms with Gasteiger partial charge in [-0.15, -0.1) is 0 Å². The van der Waals surface area contributed by atoms with Gasteiger partial charge in [-0.3, -0.25) is 4.79 Å². The molecule has 0 aromatic heterocycles. The molecule has 0 atom stereocenters. The van der Waals surface area contributed by atoms with Gasteiger partial charge in [0.05, 0.1) is 24.7 Å². The van der Waals surface area contributed by atoms with Gasteiger partial charge in [0.2, 0.25) is 0 Å². The lowest BCUT2D eigenvalue weighted by Crippen LogP contribution is -2.10. The molecular weight excluding hydrogens is 282 g/mol. The first-order valence-electron chi connectivity index (χ1n) is 5.49. The van der Waals surface area contributed by atoms with Gasteiger partial charge in [0.15, 0.2) is 0 Å². The SMILES string of the molecule is CCOC(=O)Cc1cc(Br)cc(C#N)c1CC. The highest BCUT2D eigenvalue weighted by molar-refractivity contribution is 9.10. The third kappa shape index (κ3) is 3.57. The van der Waals surface area contributed by atoms with Gasteiger partial charge < -0.3 is 4.74 Å². The number of halogens is 1. The number of benzene rings is 1. The number of hydrogen-bond donors (Lipinski definition) is 0. The van der Waals surface area contributed by atoms with Gasteiger partial charge in [-0.05, 0) is 36.6 Å². The van der Waals surface area contributed by atoms with E-state index in [2.05, 4.69) is 22.0 Å². The lowest BCUT2D eigenvalue weighted by Gasteiger charge is -2.10. The number of ether oxygens (including phenoxy) is 1. The Balaban J connectivity index is 3.10. The Morgan fingerprint density at radius 2 is 2.18 bits per heavy atom. The molecule has 0 aliphatic carbocycles. The Kier molecular flexibility index (Phi) is 5.17. The fourth-order valence-corrected chi connectivity index (χ4v) is 2.24. The molecule has 0 saturated heterocycles. The highest BCUT2D eigenvalue weighted by Gasteiger charge is 2.12. The molecule has 90 valence electrons. The summed E-state index contributed by atoms with van der Waals surface area (Å²) in [6, 6.07) is 5.79. The van der Waals surface area contributed by atoms with Crippen molar-refractivity contribution in [2.24, 2.45) is 0 Å². The van der Waals surface area contributed by atoms with Gasteiger partial charge in [-0.2, -0.15) is 5.26 Å². The Hall–Kier alpha value is -1.34. The van der Waals surface area contributed by atoms with Crippen molar-refractivity contribution >= 4 is 21.9 Å². The van der Waals surface area contributed by atoms with Crippen LogP contribution >= 0.6 is 15.9 Å². The van der Waals surface area contributed by atoms with Crippen LogP contribution in [0.25, 0.3) is 0 Å². The summed E-state index contributed by atoms with van der Waals surface area (Å²) in [5.41, 5.74) is 2.39. The van der Waals surface area contributed by atoms with E-state index in [-0.39, 0.29) is 12.4 Å². The van der Waals surface area contributed by atoms with Crippen molar-refractivity contribution in [2.75, 3.05) is 6.61 Å². The summed E-state index contributed by atoms with van der Waals surface area (Å²) >= 11 is 3.34.